The average Bonchev–Trinajstić information content (AvgIpc) is 0.918. The SMILES string of the molecule is [Br][Pb][Br].[Cs+].[H-]. The molecule has 0 atom stereocenters. The Morgan fingerprint density at radius 2 is 1.50 bits per heavy atom. The molecular weight excluding hydrogens is 500 g/mol. The molecule has 4 heavy (non-hydrogen) atoms. The van der Waals surface area contributed by atoms with Crippen LogP contribution in [-0.4, -0.2) is 19.4 Å². The van der Waals surface area contributed by atoms with Gasteiger partial charge in [-0.1, -0.05) is 0 Å². The van der Waals surface area contributed by atoms with Gasteiger partial charge in [-0.3, -0.25) is 0 Å². The van der Waals surface area contributed by atoms with Crippen molar-refractivity contribution in [1.82, 2.24) is 0 Å². The molecule has 0 rings (SSSR count). The zero-order valence-electron chi connectivity index (χ0n) is 3.26. The van der Waals surface area contributed by atoms with E-state index in [1.165, 1.54) is 0 Å². The summed E-state index contributed by atoms with van der Waals surface area (Å²) in [6.07, 6.45) is 0. The third kappa shape index (κ3) is 9.33. The second-order valence-electron chi connectivity index (χ2n) is 0.0714. The second kappa shape index (κ2) is 10.0. The Bertz CT molecular complexity index is 9.61. The van der Waals surface area contributed by atoms with E-state index < -0.39 is 0 Å². The summed E-state index contributed by atoms with van der Waals surface area (Å²) in [5.41, 5.74) is 0. The summed E-state index contributed by atoms with van der Waals surface area (Å²) in [6.45, 7) is 0. The van der Waals surface area contributed by atoms with E-state index in [1.54, 1.807) is 0 Å². The van der Waals surface area contributed by atoms with Crippen LogP contribution in [0.15, 0.2) is 0 Å². The van der Waals surface area contributed by atoms with Crippen molar-refractivity contribution < 1.29 is 70.3 Å². The number of halogens is 2. The average molecular weight is 501 g/mol. The van der Waals surface area contributed by atoms with E-state index in [-0.39, 0.29) is 89.7 Å². The predicted octanol–water partition coefficient (Wildman–Crippen LogP) is -1.57. The van der Waals surface area contributed by atoms with E-state index in [2.05, 4.69) is 24.0 Å². The van der Waals surface area contributed by atoms with Gasteiger partial charge in [-0.15, -0.1) is 0 Å². The molecule has 0 aliphatic rings. The Morgan fingerprint density at radius 3 is 1.50 bits per heavy atom. The van der Waals surface area contributed by atoms with Crippen molar-refractivity contribution in [2.24, 2.45) is 0 Å². The van der Waals surface area contributed by atoms with Crippen molar-refractivity contribution in [2.45, 2.75) is 0 Å². The minimum atomic E-state index is -0.292. The number of rotatable bonds is 0. The summed E-state index contributed by atoms with van der Waals surface area (Å²) in [4.78, 5) is 0. The van der Waals surface area contributed by atoms with Crippen molar-refractivity contribution in [1.29, 1.82) is 0 Å². The summed E-state index contributed by atoms with van der Waals surface area (Å²) in [6, 6.07) is 0. The molecule has 4 heteroatoms. The van der Waals surface area contributed by atoms with Gasteiger partial charge in [-0.2, -0.15) is 0 Å². The van der Waals surface area contributed by atoms with Crippen LogP contribution in [0.1, 0.15) is 1.43 Å². The van der Waals surface area contributed by atoms with E-state index in [0.29, 0.717) is 0 Å². The zero-order valence-corrected chi connectivity index (χ0v) is 15.6. The van der Waals surface area contributed by atoms with Gasteiger partial charge in [0, 0.05) is 0 Å². The number of hydrogen-bond donors (Lipinski definition) is 0. The quantitative estimate of drug-likeness (QED) is 0.353. The molecule has 0 aromatic rings. The Balaban J connectivity index is -0.0000000200. The molecule has 0 nitrogen and oxygen atoms in total. The van der Waals surface area contributed by atoms with Gasteiger partial charge in [0.25, 0.3) is 0 Å². The van der Waals surface area contributed by atoms with E-state index in [9.17, 15) is 0 Å². The minimum absolute atomic E-state index is 0. The first-order valence-electron chi connectivity index (χ1n) is 0.378. The maximum atomic E-state index is 3.26. The van der Waals surface area contributed by atoms with Crippen LogP contribution >= 0.6 is 24.0 Å². The van der Waals surface area contributed by atoms with Crippen LogP contribution in [0, 0.1) is 0 Å². The maximum absolute atomic E-state index is 3.26. The Morgan fingerprint density at radius 1 is 1.50 bits per heavy atom. The third-order valence-corrected chi connectivity index (χ3v) is 0. The van der Waals surface area contributed by atoms with Gasteiger partial charge >= 0.3 is 112 Å². The van der Waals surface area contributed by atoms with Crippen LogP contribution < -0.4 is 68.9 Å². The standard InChI is InChI=1S/2BrH.Cs.Pb.H/h2*1H;;;/q;;+1;+2;-1/p-2. The van der Waals surface area contributed by atoms with Crippen LogP contribution in [0.5, 0.6) is 0 Å². The smallest absolute Gasteiger partial charge is 1.00 e. The van der Waals surface area contributed by atoms with E-state index in [1.807, 2.05) is 0 Å². The van der Waals surface area contributed by atoms with E-state index in [0.717, 1.165) is 0 Å². The second-order valence-corrected chi connectivity index (χ2v) is 16.9. The zero-order chi connectivity index (χ0) is 2.71. The molecule has 0 aliphatic carbocycles. The van der Waals surface area contributed by atoms with Crippen LogP contribution in [0.4, 0.5) is 0 Å². The van der Waals surface area contributed by atoms with Gasteiger partial charge in [0.2, 0.25) is 0 Å². The Labute approximate surface area is 110 Å². The monoisotopic (exact) mass is 500 g/mol. The molecule has 0 amide bonds. The van der Waals surface area contributed by atoms with Crippen LogP contribution in [0.3, 0.4) is 0 Å². The molecule has 0 bridgehead atoms. The Kier molecular flexibility index (Phi) is 27.2. The summed E-state index contributed by atoms with van der Waals surface area (Å²) < 4.78 is 0. The summed E-state index contributed by atoms with van der Waals surface area (Å²) >= 11 is 6.22. The van der Waals surface area contributed by atoms with Crippen LogP contribution in [0.25, 0.3) is 0 Å². The maximum Gasteiger partial charge on any atom is 1.00 e. The van der Waals surface area contributed by atoms with Gasteiger partial charge in [0.15, 0.2) is 0 Å². The molecule has 0 aromatic carbocycles. The molecule has 0 fully saturated rings. The summed E-state index contributed by atoms with van der Waals surface area (Å²) in [5, 5.41) is 0. The summed E-state index contributed by atoms with van der Waals surface area (Å²) in [7, 11) is 0. The molecule has 0 unspecified atom stereocenters. The summed E-state index contributed by atoms with van der Waals surface area (Å²) in [5.74, 6) is 0. The fourth-order valence-corrected chi connectivity index (χ4v) is 0. The van der Waals surface area contributed by atoms with Gasteiger partial charge in [-0.25, -0.2) is 0 Å². The Hall–Kier alpha value is 3.93. The molecule has 0 heterocycles. The number of hydrogen-bond acceptors (Lipinski definition) is 0. The van der Waals surface area contributed by atoms with Crippen molar-refractivity contribution in [3.05, 3.63) is 0 Å². The first-order valence-corrected chi connectivity index (χ1v) is 17.2. The van der Waals surface area contributed by atoms with Gasteiger partial charge < -0.3 is 1.43 Å². The topological polar surface area (TPSA) is 0 Å². The van der Waals surface area contributed by atoms with Gasteiger partial charge in [0.1, 0.15) is 0 Å². The molecule has 0 saturated heterocycles. The van der Waals surface area contributed by atoms with Gasteiger partial charge in [-0.05, 0) is 0 Å². The molecule has 0 aliphatic heterocycles. The molecule has 0 N–H and O–H groups in total. The first-order chi connectivity index (χ1) is 1.41. The third-order valence-electron chi connectivity index (χ3n) is 0. The molecule has 0 saturated carbocycles. The van der Waals surface area contributed by atoms with E-state index >= 15 is 0 Å². The largest absolute Gasteiger partial charge is 1.00 e. The van der Waals surface area contributed by atoms with E-state index in [4.69, 9.17) is 0 Å². The molecule has 20 valence electrons. The first kappa shape index (κ1) is 10.8. The minimum Gasteiger partial charge on any atom is -1.00 e. The normalized spacial score (nSPS) is 4.50. The molecular formula is HBr2CsPb. The van der Waals surface area contributed by atoms with Gasteiger partial charge in [0.05, 0.1) is 0 Å². The van der Waals surface area contributed by atoms with Crippen molar-refractivity contribution in [3.63, 3.8) is 0 Å². The fraction of sp³-hybridized carbons (Fsp3) is 0. The molecule has 0 aromatic heterocycles. The predicted molar refractivity (Wildman–Crippen MR) is 24.7 cm³/mol. The molecule has 0 spiro atoms. The van der Waals surface area contributed by atoms with Crippen molar-refractivity contribution >= 4 is 43.4 Å². The fourth-order valence-electron chi connectivity index (χ4n) is 0. The van der Waals surface area contributed by atoms with Crippen molar-refractivity contribution in [2.75, 3.05) is 0 Å². The van der Waals surface area contributed by atoms with Crippen molar-refractivity contribution in [3.8, 4) is 0 Å². The molecule has 2 radical (unpaired) electrons. The van der Waals surface area contributed by atoms with Crippen LogP contribution in [0.2, 0.25) is 0 Å². The van der Waals surface area contributed by atoms with Crippen LogP contribution in [-0.2, 0) is 0 Å².